The van der Waals surface area contributed by atoms with Crippen molar-refractivity contribution in [1.29, 1.82) is 0 Å². The molecule has 1 fully saturated rings. The monoisotopic (exact) mass is 333 g/mol. The van der Waals surface area contributed by atoms with Gasteiger partial charge in [0.2, 0.25) is 0 Å². The summed E-state index contributed by atoms with van der Waals surface area (Å²) in [5.41, 5.74) is 2.76. The van der Waals surface area contributed by atoms with Gasteiger partial charge in [0.1, 0.15) is 11.8 Å². The zero-order chi connectivity index (χ0) is 14.4. The van der Waals surface area contributed by atoms with Crippen molar-refractivity contribution < 1.29 is 4.74 Å². The summed E-state index contributed by atoms with van der Waals surface area (Å²) in [5.74, 6) is 0.843. The number of halogens is 2. The molecule has 0 unspecified atom stereocenters. The Kier molecular flexibility index (Phi) is 3.21. The Hall–Kier alpha value is -1.42. The lowest BCUT2D eigenvalue weighted by Gasteiger charge is -2.07. The van der Waals surface area contributed by atoms with Gasteiger partial charge in [-0.1, -0.05) is 59.2 Å². The summed E-state index contributed by atoms with van der Waals surface area (Å²) in [6.07, 6.45) is 0. The first-order valence-electron chi connectivity index (χ1n) is 6.40. The van der Waals surface area contributed by atoms with Crippen molar-refractivity contribution in [2.75, 3.05) is 6.61 Å². The SMILES string of the molecule is ClC1=Nc2ccccc2Sc2cc(/C(Cl)=C3/CO3)ccc21. The van der Waals surface area contributed by atoms with Gasteiger partial charge in [-0.2, -0.15) is 0 Å². The van der Waals surface area contributed by atoms with E-state index >= 15 is 0 Å². The highest BCUT2D eigenvalue weighted by Gasteiger charge is 2.22. The highest BCUT2D eigenvalue weighted by molar-refractivity contribution is 7.99. The molecule has 0 bridgehead atoms. The van der Waals surface area contributed by atoms with Gasteiger partial charge in [-0.15, -0.1) is 0 Å². The number of hydrogen-bond donors (Lipinski definition) is 0. The molecule has 0 aromatic heterocycles. The number of aliphatic imine (C=N–C) groups is 1. The molecule has 0 N–H and O–H groups in total. The lowest BCUT2D eigenvalue weighted by molar-refractivity contribution is 0.511. The number of nitrogens with zero attached hydrogens (tertiary/aromatic N) is 1. The van der Waals surface area contributed by atoms with Crippen LogP contribution in [0, 0.1) is 0 Å². The normalized spacial score (nSPS) is 17.9. The highest BCUT2D eigenvalue weighted by atomic mass is 35.5. The lowest BCUT2D eigenvalue weighted by atomic mass is 10.1. The van der Waals surface area contributed by atoms with Crippen molar-refractivity contribution >= 4 is 50.9 Å². The fourth-order valence-corrected chi connectivity index (χ4v) is 3.76. The maximum atomic E-state index is 6.35. The lowest BCUT2D eigenvalue weighted by Crippen LogP contribution is -1.93. The predicted octanol–water partition coefficient (Wildman–Crippen LogP) is 5.41. The van der Waals surface area contributed by atoms with Crippen LogP contribution in [0.25, 0.3) is 5.03 Å². The highest BCUT2D eigenvalue weighted by Crippen LogP contribution is 2.42. The van der Waals surface area contributed by atoms with Crippen LogP contribution in [0.2, 0.25) is 0 Å². The van der Waals surface area contributed by atoms with Gasteiger partial charge in [-0.3, -0.25) is 0 Å². The van der Waals surface area contributed by atoms with Crippen LogP contribution in [-0.4, -0.2) is 11.8 Å². The maximum Gasteiger partial charge on any atom is 0.153 e. The van der Waals surface area contributed by atoms with E-state index in [1.54, 1.807) is 11.8 Å². The number of fused-ring (bicyclic) bond motifs is 2. The van der Waals surface area contributed by atoms with Crippen LogP contribution >= 0.6 is 35.0 Å². The minimum Gasteiger partial charge on any atom is -0.485 e. The molecule has 0 spiro atoms. The maximum absolute atomic E-state index is 6.35. The van der Waals surface area contributed by atoms with E-state index in [0.717, 1.165) is 32.4 Å². The Morgan fingerprint density at radius 2 is 1.95 bits per heavy atom. The summed E-state index contributed by atoms with van der Waals surface area (Å²) >= 11 is 14.3. The Morgan fingerprint density at radius 3 is 2.76 bits per heavy atom. The average molecular weight is 334 g/mol. The van der Waals surface area contributed by atoms with E-state index in [2.05, 4.69) is 4.99 Å². The minimum absolute atomic E-state index is 0.500. The minimum atomic E-state index is 0.500. The second-order valence-corrected chi connectivity index (χ2v) is 6.53. The third-order valence-corrected chi connectivity index (χ3v) is 5.13. The second-order valence-electron chi connectivity index (χ2n) is 4.71. The molecule has 2 aromatic rings. The molecule has 2 aromatic carbocycles. The van der Waals surface area contributed by atoms with Crippen molar-refractivity contribution in [2.24, 2.45) is 4.99 Å². The van der Waals surface area contributed by atoms with Crippen molar-refractivity contribution in [3.63, 3.8) is 0 Å². The summed E-state index contributed by atoms with van der Waals surface area (Å²) in [4.78, 5) is 6.62. The van der Waals surface area contributed by atoms with Gasteiger partial charge in [-0.05, 0) is 23.8 Å². The van der Waals surface area contributed by atoms with Gasteiger partial charge in [0.25, 0.3) is 0 Å². The van der Waals surface area contributed by atoms with Crippen LogP contribution in [-0.2, 0) is 4.74 Å². The molecule has 21 heavy (non-hydrogen) atoms. The van der Waals surface area contributed by atoms with Gasteiger partial charge in [0.15, 0.2) is 5.76 Å². The number of ether oxygens (including phenoxy) is 1. The van der Waals surface area contributed by atoms with E-state index in [-0.39, 0.29) is 0 Å². The standard InChI is InChI=1S/C16H9Cl2NOS/c17-15(12-8-20-12)9-5-6-10-14(7-9)21-13-4-2-1-3-11(13)19-16(10)18/h1-7H,8H2/b15-12+. The molecule has 2 aliphatic rings. The number of para-hydroxylation sites is 1. The third-order valence-electron chi connectivity index (χ3n) is 3.29. The molecule has 5 heteroatoms. The molecule has 0 radical (unpaired) electrons. The summed E-state index contributed by atoms with van der Waals surface area (Å²) in [5, 5.41) is 1.17. The molecule has 0 atom stereocenters. The molecular weight excluding hydrogens is 325 g/mol. The largest absolute Gasteiger partial charge is 0.485 e. The molecule has 104 valence electrons. The van der Waals surface area contributed by atoms with Crippen molar-refractivity contribution in [2.45, 2.75) is 9.79 Å². The summed E-state index contributed by atoms with van der Waals surface area (Å²) in [6, 6.07) is 13.9. The van der Waals surface area contributed by atoms with Gasteiger partial charge in [-0.25, -0.2) is 4.99 Å². The van der Waals surface area contributed by atoms with Crippen LogP contribution in [0.5, 0.6) is 0 Å². The first-order valence-corrected chi connectivity index (χ1v) is 7.97. The molecular formula is C16H9Cl2NOS. The number of epoxide rings is 1. The first kappa shape index (κ1) is 13.3. The van der Waals surface area contributed by atoms with Crippen molar-refractivity contribution in [3.05, 3.63) is 59.4 Å². The predicted molar refractivity (Wildman–Crippen MR) is 87.8 cm³/mol. The van der Waals surface area contributed by atoms with Crippen molar-refractivity contribution in [1.82, 2.24) is 0 Å². The van der Waals surface area contributed by atoms with Gasteiger partial charge in [0.05, 0.1) is 10.7 Å². The third kappa shape index (κ3) is 2.46. The van der Waals surface area contributed by atoms with E-state index in [4.69, 9.17) is 27.9 Å². The Morgan fingerprint density at radius 1 is 1.14 bits per heavy atom. The molecule has 1 saturated heterocycles. The van der Waals surface area contributed by atoms with Crippen LogP contribution < -0.4 is 0 Å². The zero-order valence-electron chi connectivity index (χ0n) is 10.8. The molecule has 0 aliphatic carbocycles. The topological polar surface area (TPSA) is 24.9 Å². The molecule has 2 aliphatic heterocycles. The quantitative estimate of drug-likeness (QED) is 0.652. The Bertz CT molecular complexity index is 808. The van der Waals surface area contributed by atoms with E-state index in [0.29, 0.717) is 16.8 Å². The number of rotatable bonds is 1. The second kappa shape index (κ2) is 5.09. The van der Waals surface area contributed by atoms with E-state index in [9.17, 15) is 0 Å². The molecule has 0 saturated carbocycles. The van der Waals surface area contributed by atoms with Crippen LogP contribution in [0.15, 0.2) is 63.0 Å². The van der Waals surface area contributed by atoms with Gasteiger partial charge < -0.3 is 4.74 Å². The zero-order valence-corrected chi connectivity index (χ0v) is 13.1. The summed E-state index contributed by atoms with van der Waals surface area (Å²) < 4.78 is 5.16. The van der Waals surface area contributed by atoms with Gasteiger partial charge >= 0.3 is 0 Å². The Balaban J connectivity index is 1.86. The first-order chi connectivity index (χ1) is 10.2. The molecule has 0 amide bonds. The number of hydrogen-bond acceptors (Lipinski definition) is 3. The van der Waals surface area contributed by atoms with Crippen molar-refractivity contribution in [3.8, 4) is 0 Å². The summed E-state index contributed by atoms with van der Waals surface area (Å²) in [6.45, 7) is 0.619. The molecule has 4 rings (SSSR count). The van der Waals surface area contributed by atoms with E-state index in [1.165, 1.54) is 0 Å². The van der Waals surface area contributed by atoms with E-state index < -0.39 is 0 Å². The molecule has 2 nitrogen and oxygen atoms in total. The molecule has 2 heterocycles. The van der Waals surface area contributed by atoms with Crippen LogP contribution in [0.4, 0.5) is 5.69 Å². The summed E-state index contributed by atoms with van der Waals surface area (Å²) in [7, 11) is 0. The fraction of sp³-hybridized carbons (Fsp3) is 0.0625. The average Bonchev–Trinajstić information content (AvgIpc) is 3.32. The van der Waals surface area contributed by atoms with Crippen LogP contribution in [0.3, 0.4) is 0 Å². The van der Waals surface area contributed by atoms with Crippen LogP contribution in [0.1, 0.15) is 11.1 Å². The van der Waals surface area contributed by atoms with E-state index in [1.807, 2.05) is 42.5 Å². The Labute approximate surface area is 136 Å². The number of benzene rings is 2. The van der Waals surface area contributed by atoms with Gasteiger partial charge in [0, 0.05) is 15.4 Å². The smallest absolute Gasteiger partial charge is 0.153 e. The fourth-order valence-electron chi connectivity index (χ4n) is 2.16.